The van der Waals surface area contributed by atoms with Gasteiger partial charge in [-0.3, -0.25) is 9.59 Å². The molecule has 0 saturated carbocycles. The average Bonchev–Trinajstić information content (AvgIpc) is 2.96. The van der Waals surface area contributed by atoms with Crippen LogP contribution in [0, 0.1) is 0 Å². The molecule has 0 aliphatic carbocycles. The zero-order chi connectivity index (χ0) is 28.4. The molecule has 40 heavy (non-hydrogen) atoms. The van der Waals surface area contributed by atoms with Gasteiger partial charge in [0.05, 0.1) is 59.3 Å². The molecule has 0 unspecified atom stereocenters. The number of rotatable bonds is 22. The van der Waals surface area contributed by atoms with Crippen molar-refractivity contribution < 1.29 is 42.9 Å². The lowest BCUT2D eigenvalue weighted by molar-refractivity contribution is -0.641. The highest BCUT2D eigenvalue weighted by atomic mass is 16.6. The number of ether oxygens (including phenoxy) is 5. The Morgan fingerprint density at radius 2 is 1.32 bits per heavy atom. The highest BCUT2D eigenvalue weighted by Crippen LogP contribution is 2.24. The Morgan fingerprint density at radius 1 is 0.725 bits per heavy atom. The molecule has 3 rings (SSSR count). The highest BCUT2D eigenvalue weighted by Gasteiger charge is 2.17. The van der Waals surface area contributed by atoms with E-state index in [9.17, 15) is 9.59 Å². The molecule has 2 aromatic carbocycles. The fourth-order valence-electron chi connectivity index (χ4n) is 4.20. The molecule has 0 fully saturated rings. The van der Waals surface area contributed by atoms with Gasteiger partial charge in [0.2, 0.25) is 11.0 Å². The third-order valence-electron chi connectivity index (χ3n) is 6.17. The van der Waals surface area contributed by atoms with Gasteiger partial charge >= 0.3 is 5.97 Å². The summed E-state index contributed by atoms with van der Waals surface area (Å²) in [5.41, 5.74) is 3.89. The Bertz CT molecular complexity index is 1200. The van der Waals surface area contributed by atoms with E-state index in [-0.39, 0.29) is 18.8 Å². The first-order chi connectivity index (χ1) is 19.6. The van der Waals surface area contributed by atoms with Gasteiger partial charge in [0.15, 0.2) is 11.3 Å². The van der Waals surface area contributed by atoms with E-state index in [1.165, 1.54) is 0 Å². The second kappa shape index (κ2) is 18.2. The van der Waals surface area contributed by atoms with Gasteiger partial charge in [0.1, 0.15) is 17.8 Å². The second-order valence-electron chi connectivity index (χ2n) is 9.16. The predicted octanol–water partition coefficient (Wildman–Crippen LogP) is 3.74. The Balaban J connectivity index is 1.21. The van der Waals surface area contributed by atoms with Crippen LogP contribution in [-0.2, 0) is 35.1 Å². The number of benzene rings is 2. The normalized spacial score (nSPS) is 11.3. The van der Waals surface area contributed by atoms with Crippen LogP contribution in [0.25, 0.3) is 22.1 Å². The Labute approximate surface area is 235 Å². The molecule has 0 aliphatic heterocycles. The van der Waals surface area contributed by atoms with Gasteiger partial charge in [0.25, 0.3) is 0 Å². The van der Waals surface area contributed by atoms with Crippen molar-refractivity contribution in [2.24, 2.45) is 0 Å². The van der Waals surface area contributed by atoms with Crippen LogP contribution in [-0.4, -0.2) is 81.3 Å². The number of carbonyl (C=O) groups excluding carboxylic acids is 1. The lowest BCUT2D eigenvalue weighted by atomic mass is 10.1. The van der Waals surface area contributed by atoms with Crippen LogP contribution in [0.15, 0.2) is 42.5 Å². The summed E-state index contributed by atoms with van der Waals surface area (Å²) in [5.74, 6) is 0.0688. The summed E-state index contributed by atoms with van der Waals surface area (Å²) >= 11 is 0. The minimum absolute atomic E-state index is 0.00567. The van der Waals surface area contributed by atoms with Gasteiger partial charge in [0, 0.05) is 31.6 Å². The van der Waals surface area contributed by atoms with Crippen molar-refractivity contribution in [3.8, 4) is 5.75 Å². The van der Waals surface area contributed by atoms with E-state index in [1.54, 1.807) is 0 Å². The SMILES string of the molecule is CC[n+]1c2ccccc2nc2c(OCCCC(=O)CCCOCCOCCOCCOCCC(=O)O)cccc21. The molecular weight excluding hydrogens is 516 g/mol. The van der Waals surface area contributed by atoms with Gasteiger partial charge in [-0.15, -0.1) is 0 Å². The van der Waals surface area contributed by atoms with Crippen molar-refractivity contribution in [3.05, 3.63) is 42.5 Å². The molecule has 0 bridgehead atoms. The van der Waals surface area contributed by atoms with Crippen molar-refractivity contribution in [2.75, 3.05) is 59.5 Å². The van der Waals surface area contributed by atoms with Crippen LogP contribution >= 0.6 is 0 Å². The minimum atomic E-state index is -0.876. The Kier molecular flexibility index (Phi) is 14.3. The number of hydrogen-bond acceptors (Lipinski definition) is 8. The van der Waals surface area contributed by atoms with Crippen LogP contribution in [0.3, 0.4) is 0 Å². The summed E-state index contributed by atoms with van der Waals surface area (Å²) < 4.78 is 29.7. The van der Waals surface area contributed by atoms with E-state index in [0.29, 0.717) is 78.5 Å². The fourth-order valence-corrected chi connectivity index (χ4v) is 4.20. The lowest BCUT2D eigenvalue weighted by Crippen LogP contribution is -2.34. The monoisotopic (exact) mass is 557 g/mol. The zero-order valence-electron chi connectivity index (χ0n) is 23.3. The summed E-state index contributed by atoms with van der Waals surface area (Å²) in [6.45, 7) is 6.69. The number of ketones is 1. The lowest BCUT2D eigenvalue weighted by Gasteiger charge is -2.09. The van der Waals surface area contributed by atoms with E-state index in [0.717, 1.165) is 34.4 Å². The number of aliphatic carboxylic acids is 1. The summed E-state index contributed by atoms with van der Waals surface area (Å²) in [5, 5.41) is 8.50. The van der Waals surface area contributed by atoms with Crippen LogP contribution < -0.4 is 9.30 Å². The van der Waals surface area contributed by atoms with Crippen LogP contribution in [0.4, 0.5) is 0 Å². The van der Waals surface area contributed by atoms with E-state index < -0.39 is 5.97 Å². The standard InChI is InChI=1S/C30H40N2O8/c1-2-32-26-11-4-3-10-25(26)31-30-27(32)12-5-13-28(30)40-16-7-9-24(33)8-6-15-36-18-20-38-22-23-39-21-19-37-17-14-29(34)35/h3-5,10-13H,2,6-9,14-23H2,1H3/p+1. The number of carboxylic acid groups (broad SMARTS) is 1. The van der Waals surface area contributed by atoms with Crippen molar-refractivity contribution in [3.63, 3.8) is 0 Å². The van der Waals surface area contributed by atoms with Gasteiger partial charge in [-0.1, -0.05) is 18.2 Å². The third kappa shape index (κ3) is 10.8. The number of aryl methyl sites for hydroxylation is 1. The number of Topliss-reactive ketones (excluding diaryl/α,β-unsaturated/α-hetero) is 1. The van der Waals surface area contributed by atoms with E-state index >= 15 is 0 Å². The Hall–Kier alpha value is -3.18. The maximum Gasteiger partial charge on any atom is 0.305 e. The van der Waals surface area contributed by atoms with Gasteiger partial charge in [-0.05, 0) is 31.9 Å². The number of fused-ring (bicyclic) bond motifs is 2. The van der Waals surface area contributed by atoms with Crippen LogP contribution in [0.2, 0.25) is 0 Å². The summed E-state index contributed by atoms with van der Waals surface area (Å²) in [6.07, 6.45) is 2.30. The van der Waals surface area contributed by atoms with Gasteiger partial charge in [-0.25, -0.2) is 4.98 Å². The quantitative estimate of drug-likeness (QED) is 0.112. The summed E-state index contributed by atoms with van der Waals surface area (Å²) in [4.78, 5) is 27.4. The zero-order valence-corrected chi connectivity index (χ0v) is 23.3. The van der Waals surface area contributed by atoms with E-state index in [1.807, 2.05) is 30.3 Å². The highest BCUT2D eigenvalue weighted by molar-refractivity contribution is 5.85. The van der Waals surface area contributed by atoms with Crippen molar-refractivity contribution >= 4 is 33.8 Å². The molecule has 1 heterocycles. The molecule has 0 spiro atoms. The first-order valence-corrected chi connectivity index (χ1v) is 14.0. The first-order valence-electron chi connectivity index (χ1n) is 14.0. The predicted molar refractivity (Wildman–Crippen MR) is 150 cm³/mol. The topological polar surface area (TPSA) is 117 Å². The largest absolute Gasteiger partial charge is 0.491 e. The second-order valence-corrected chi connectivity index (χ2v) is 9.16. The summed E-state index contributed by atoms with van der Waals surface area (Å²) in [6, 6.07) is 14.1. The molecule has 1 aromatic heterocycles. The molecule has 10 heteroatoms. The first kappa shape index (κ1) is 31.3. The number of carbonyl (C=O) groups is 2. The molecule has 0 amide bonds. The van der Waals surface area contributed by atoms with Crippen molar-refractivity contribution in [1.29, 1.82) is 0 Å². The number of aromatic nitrogens is 2. The molecular formula is C30H41N2O8+. The Morgan fingerprint density at radius 3 is 2.00 bits per heavy atom. The van der Waals surface area contributed by atoms with Gasteiger partial charge in [-0.2, -0.15) is 4.57 Å². The average molecular weight is 558 g/mol. The number of para-hydroxylation sites is 3. The van der Waals surface area contributed by atoms with Crippen LogP contribution in [0.1, 0.15) is 39.0 Å². The minimum Gasteiger partial charge on any atom is -0.491 e. The maximum atomic E-state index is 12.2. The number of carboxylic acids is 1. The molecule has 0 saturated heterocycles. The third-order valence-corrected chi connectivity index (χ3v) is 6.17. The number of hydrogen-bond donors (Lipinski definition) is 1. The molecule has 0 atom stereocenters. The molecule has 3 aromatic rings. The summed E-state index contributed by atoms with van der Waals surface area (Å²) in [7, 11) is 0. The van der Waals surface area contributed by atoms with E-state index in [2.05, 4.69) is 23.6 Å². The van der Waals surface area contributed by atoms with Crippen molar-refractivity contribution in [2.45, 2.75) is 45.6 Å². The fraction of sp³-hybridized carbons (Fsp3) is 0.533. The molecule has 218 valence electrons. The van der Waals surface area contributed by atoms with E-state index in [4.69, 9.17) is 33.8 Å². The van der Waals surface area contributed by atoms with Crippen molar-refractivity contribution in [1.82, 2.24) is 4.98 Å². The number of nitrogens with zero attached hydrogens (tertiary/aromatic N) is 2. The van der Waals surface area contributed by atoms with Crippen LogP contribution in [0.5, 0.6) is 5.75 Å². The smallest absolute Gasteiger partial charge is 0.305 e. The molecule has 0 radical (unpaired) electrons. The van der Waals surface area contributed by atoms with Gasteiger partial charge < -0.3 is 28.8 Å². The molecule has 10 nitrogen and oxygen atoms in total. The molecule has 1 N–H and O–H groups in total. The molecule has 0 aliphatic rings. The maximum absolute atomic E-state index is 12.2.